The molecule has 3 unspecified atom stereocenters. The van der Waals surface area contributed by atoms with Gasteiger partial charge in [0.05, 0.1) is 6.10 Å². The Balaban J connectivity index is 1.38. The Bertz CT molecular complexity index is 429. The van der Waals surface area contributed by atoms with Gasteiger partial charge in [-0.15, -0.1) is 0 Å². The highest BCUT2D eigenvalue weighted by Crippen LogP contribution is 2.52. The lowest BCUT2D eigenvalue weighted by molar-refractivity contribution is -0.106. The molecule has 0 aromatic heterocycles. The quantitative estimate of drug-likeness (QED) is 0.459. The first-order valence-electron chi connectivity index (χ1n) is 9.94. The van der Waals surface area contributed by atoms with Gasteiger partial charge in [0.1, 0.15) is 0 Å². The molecule has 2 heterocycles. The number of rotatable bonds is 5. The summed E-state index contributed by atoms with van der Waals surface area (Å²) in [5, 5.41) is 7.17. The van der Waals surface area contributed by atoms with Crippen LogP contribution in [0.4, 0.5) is 0 Å². The number of aliphatic imine (C=N–C) groups is 1. The van der Waals surface area contributed by atoms with Gasteiger partial charge in [-0.1, -0.05) is 26.7 Å². The van der Waals surface area contributed by atoms with E-state index in [2.05, 4.69) is 34.4 Å². The van der Waals surface area contributed by atoms with Crippen LogP contribution in [0.5, 0.6) is 0 Å². The van der Waals surface area contributed by atoms with E-state index < -0.39 is 0 Å². The van der Waals surface area contributed by atoms with Crippen molar-refractivity contribution in [2.75, 3.05) is 39.8 Å². The molecule has 3 atom stereocenters. The van der Waals surface area contributed by atoms with E-state index in [4.69, 9.17) is 4.74 Å². The van der Waals surface area contributed by atoms with Gasteiger partial charge >= 0.3 is 0 Å². The van der Waals surface area contributed by atoms with Crippen molar-refractivity contribution in [2.45, 2.75) is 64.5 Å². The Morgan fingerprint density at radius 3 is 2.67 bits per heavy atom. The van der Waals surface area contributed by atoms with E-state index in [0.29, 0.717) is 18.1 Å². The van der Waals surface area contributed by atoms with Gasteiger partial charge in [-0.25, -0.2) is 0 Å². The highest BCUT2D eigenvalue weighted by atomic mass is 16.5. The lowest BCUT2D eigenvalue weighted by atomic mass is 9.57. The molecule has 0 bridgehead atoms. The predicted molar refractivity (Wildman–Crippen MR) is 99.4 cm³/mol. The summed E-state index contributed by atoms with van der Waals surface area (Å²) in [5.41, 5.74) is 0.199. The molecule has 1 aliphatic carbocycles. The normalized spacial score (nSPS) is 33.5. The Labute approximate surface area is 147 Å². The number of guanidine groups is 1. The van der Waals surface area contributed by atoms with Gasteiger partial charge in [0.15, 0.2) is 5.96 Å². The first kappa shape index (κ1) is 18.0. The van der Waals surface area contributed by atoms with E-state index in [0.717, 1.165) is 19.1 Å². The maximum atomic E-state index is 5.88. The fourth-order valence-electron chi connectivity index (χ4n) is 4.83. The molecule has 1 saturated carbocycles. The summed E-state index contributed by atoms with van der Waals surface area (Å²) < 4.78 is 5.88. The zero-order valence-corrected chi connectivity index (χ0v) is 15.8. The van der Waals surface area contributed by atoms with Crippen LogP contribution in [0.3, 0.4) is 0 Å². The first-order chi connectivity index (χ1) is 11.6. The molecule has 5 heteroatoms. The molecule has 138 valence electrons. The minimum atomic E-state index is 0.199. The standard InChI is InChI=1S/C19H36N4O/c1-19(2)16(15-9-14-24-17(15)19)22-18(20-3)21-10-8-13-23-11-6-4-5-7-12-23/h15-17H,4-14H2,1-3H3,(H2,20,21,22). The minimum absolute atomic E-state index is 0.199. The summed E-state index contributed by atoms with van der Waals surface area (Å²) in [6, 6.07) is 0.474. The molecule has 24 heavy (non-hydrogen) atoms. The number of ether oxygens (including phenoxy) is 1. The zero-order valence-electron chi connectivity index (χ0n) is 15.8. The molecule has 3 fully saturated rings. The van der Waals surface area contributed by atoms with E-state index in [1.54, 1.807) is 0 Å². The molecule has 3 rings (SSSR count). The fourth-order valence-corrected chi connectivity index (χ4v) is 4.83. The number of fused-ring (bicyclic) bond motifs is 1. The van der Waals surface area contributed by atoms with E-state index in [9.17, 15) is 0 Å². The highest BCUT2D eigenvalue weighted by Gasteiger charge is 2.59. The van der Waals surface area contributed by atoms with Crippen LogP contribution in [0.1, 0.15) is 52.4 Å². The Morgan fingerprint density at radius 1 is 1.21 bits per heavy atom. The Morgan fingerprint density at radius 2 is 1.96 bits per heavy atom. The molecule has 2 N–H and O–H groups in total. The number of nitrogens with zero attached hydrogens (tertiary/aromatic N) is 2. The van der Waals surface area contributed by atoms with Gasteiger partial charge in [0.2, 0.25) is 0 Å². The third kappa shape index (κ3) is 3.88. The largest absolute Gasteiger partial charge is 0.377 e. The third-order valence-electron chi connectivity index (χ3n) is 6.26. The van der Waals surface area contributed by atoms with E-state index in [1.165, 1.54) is 58.2 Å². The van der Waals surface area contributed by atoms with Crippen LogP contribution in [-0.4, -0.2) is 62.8 Å². The number of likely N-dealkylation sites (tertiary alicyclic amines) is 1. The van der Waals surface area contributed by atoms with Crippen LogP contribution in [0.25, 0.3) is 0 Å². The van der Waals surface area contributed by atoms with E-state index in [-0.39, 0.29) is 5.41 Å². The Hall–Kier alpha value is -0.810. The van der Waals surface area contributed by atoms with Gasteiger partial charge in [0.25, 0.3) is 0 Å². The molecule has 0 aromatic carbocycles. The lowest BCUT2D eigenvalue weighted by Crippen LogP contribution is -2.68. The topological polar surface area (TPSA) is 48.9 Å². The van der Waals surface area contributed by atoms with Crippen molar-refractivity contribution in [1.29, 1.82) is 0 Å². The monoisotopic (exact) mass is 336 g/mol. The maximum absolute atomic E-state index is 5.88. The highest BCUT2D eigenvalue weighted by molar-refractivity contribution is 5.80. The van der Waals surface area contributed by atoms with Crippen LogP contribution in [-0.2, 0) is 4.74 Å². The van der Waals surface area contributed by atoms with Crippen molar-refractivity contribution in [3.8, 4) is 0 Å². The number of nitrogens with one attached hydrogen (secondary N) is 2. The summed E-state index contributed by atoms with van der Waals surface area (Å²) in [4.78, 5) is 7.05. The Kier molecular flexibility index (Phi) is 6.03. The molecule has 5 nitrogen and oxygen atoms in total. The molecule has 0 radical (unpaired) electrons. The molecule has 0 spiro atoms. The van der Waals surface area contributed by atoms with E-state index >= 15 is 0 Å². The van der Waals surface area contributed by atoms with Crippen molar-refractivity contribution >= 4 is 5.96 Å². The first-order valence-corrected chi connectivity index (χ1v) is 9.94. The fraction of sp³-hybridized carbons (Fsp3) is 0.947. The van der Waals surface area contributed by atoms with Crippen molar-refractivity contribution in [1.82, 2.24) is 15.5 Å². The van der Waals surface area contributed by atoms with E-state index in [1.807, 2.05) is 7.05 Å². The molecule has 0 amide bonds. The van der Waals surface area contributed by atoms with Gasteiger partial charge in [0, 0.05) is 37.6 Å². The van der Waals surface area contributed by atoms with Gasteiger partial charge in [-0.2, -0.15) is 0 Å². The second kappa shape index (κ2) is 8.05. The molecule has 3 aliphatic rings. The summed E-state index contributed by atoms with van der Waals surface area (Å²) in [7, 11) is 1.87. The summed E-state index contributed by atoms with van der Waals surface area (Å²) in [5.74, 6) is 1.60. The van der Waals surface area contributed by atoms with Crippen LogP contribution in [0.2, 0.25) is 0 Å². The second-order valence-electron chi connectivity index (χ2n) is 8.30. The van der Waals surface area contributed by atoms with Crippen molar-refractivity contribution in [3.63, 3.8) is 0 Å². The number of hydrogen-bond donors (Lipinski definition) is 2. The SMILES string of the molecule is CN=C(NCCCN1CCCCCC1)NC1C2CCOC2C1(C)C. The van der Waals surface area contributed by atoms with Crippen LogP contribution < -0.4 is 10.6 Å². The zero-order chi connectivity index (χ0) is 17.0. The lowest BCUT2D eigenvalue weighted by Gasteiger charge is -2.54. The van der Waals surface area contributed by atoms with Gasteiger partial charge in [-0.3, -0.25) is 4.99 Å². The molecule has 0 aromatic rings. The third-order valence-corrected chi connectivity index (χ3v) is 6.26. The minimum Gasteiger partial charge on any atom is -0.377 e. The average Bonchev–Trinajstić information content (AvgIpc) is 2.87. The summed E-state index contributed by atoms with van der Waals surface area (Å²) in [6.45, 7) is 10.3. The molecular weight excluding hydrogens is 300 g/mol. The van der Waals surface area contributed by atoms with Gasteiger partial charge in [-0.05, 0) is 45.3 Å². The average molecular weight is 337 g/mol. The molecule has 2 aliphatic heterocycles. The van der Waals surface area contributed by atoms with Crippen LogP contribution in [0.15, 0.2) is 4.99 Å². The van der Waals surface area contributed by atoms with Crippen molar-refractivity contribution < 1.29 is 4.74 Å². The van der Waals surface area contributed by atoms with Crippen LogP contribution in [0, 0.1) is 11.3 Å². The molecule has 2 saturated heterocycles. The van der Waals surface area contributed by atoms with Crippen molar-refractivity contribution in [2.24, 2.45) is 16.3 Å². The van der Waals surface area contributed by atoms with Gasteiger partial charge < -0.3 is 20.3 Å². The van der Waals surface area contributed by atoms with Crippen molar-refractivity contribution in [3.05, 3.63) is 0 Å². The van der Waals surface area contributed by atoms with Crippen LogP contribution >= 0.6 is 0 Å². The summed E-state index contributed by atoms with van der Waals surface area (Å²) in [6.07, 6.45) is 8.36. The predicted octanol–water partition coefficient (Wildman–Crippen LogP) is 2.23. The second-order valence-corrected chi connectivity index (χ2v) is 8.30. The summed E-state index contributed by atoms with van der Waals surface area (Å²) >= 11 is 0. The smallest absolute Gasteiger partial charge is 0.191 e. The number of hydrogen-bond acceptors (Lipinski definition) is 3. The maximum Gasteiger partial charge on any atom is 0.191 e. The molecular formula is C19H36N4O.